The topological polar surface area (TPSA) is 119 Å². The average Bonchev–Trinajstić information content (AvgIpc) is 3.66. The van der Waals surface area contributed by atoms with Crippen molar-refractivity contribution in [3.8, 4) is 37.0 Å². The van der Waals surface area contributed by atoms with Crippen LogP contribution in [0.3, 0.4) is 0 Å². The second-order valence-corrected chi connectivity index (χ2v) is 10.7. The number of carbonyl (C=O) groups excluding carboxylic acids is 2. The van der Waals surface area contributed by atoms with Crippen molar-refractivity contribution in [3.63, 3.8) is 0 Å². The number of anilines is 2. The van der Waals surface area contributed by atoms with Gasteiger partial charge in [0, 0.05) is 48.7 Å². The molecular formula is C33H32F3N7O2. The predicted molar refractivity (Wildman–Crippen MR) is 166 cm³/mol. The van der Waals surface area contributed by atoms with Crippen molar-refractivity contribution in [2.45, 2.75) is 44.7 Å². The molecule has 9 nitrogen and oxygen atoms in total. The summed E-state index contributed by atoms with van der Waals surface area (Å²) in [6, 6.07) is 8.15. The second kappa shape index (κ2) is 13.1. The van der Waals surface area contributed by atoms with Gasteiger partial charge in [-0.25, -0.2) is 15.0 Å². The minimum Gasteiger partial charge on any atom is -0.382 e. The van der Waals surface area contributed by atoms with E-state index in [0.29, 0.717) is 29.1 Å². The zero-order valence-corrected chi connectivity index (χ0v) is 24.6. The molecule has 3 N–H and O–H groups in total. The Hall–Kier alpha value is -5.36. The number of aromatic nitrogens is 4. The summed E-state index contributed by atoms with van der Waals surface area (Å²) in [7, 11) is 0. The fourth-order valence-electron chi connectivity index (χ4n) is 5.56. The maximum absolute atomic E-state index is 13.0. The third-order valence-corrected chi connectivity index (χ3v) is 8.11. The molecule has 1 saturated heterocycles. The summed E-state index contributed by atoms with van der Waals surface area (Å²) in [4.78, 5) is 40.7. The molecule has 4 aromatic rings. The molecular weight excluding hydrogens is 583 g/mol. The van der Waals surface area contributed by atoms with Gasteiger partial charge in [-0.2, -0.15) is 13.2 Å². The van der Waals surface area contributed by atoms with Gasteiger partial charge in [0.05, 0.1) is 11.0 Å². The number of nitrogens with one attached hydrogen (secondary N) is 1. The number of likely N-dealkylation sites (tertiary alicyclic amines) is 1. The van der Waals surface area contributed by atoms with E-state index in [4.69, 9.17) is 10.7 Å². The number of amides is 2. The minimum atomic E-state index is -4.55. The first-order valence-corrected chi connectivity index (χ1v) is 14.1. The number of nitrogens with zero attached hydrogens (tertiary/aromatic N) is 5. The molecule has 2 fully saturated rings. The molecule has 2 aliphatic rings. The quantitative estimate of drug-likeness (QED) is 0.260. The van der Waals surface area contributed by atoms with Crippen molar-refractivity contribution in [1.82, 2.24) is 24.3 Å². The number of pyridine rings is 1. The Labute approximate surface area is 259 Å². The molecule has 6 rings (SSSR count). The normalized spacial score (nSPS) is 15.5. The molecule has 1 saturated carbocycles. The van der Waals surface area contributed by atoms with Gasteiger partial charge in [0.2, 0.25) is 5.91 Å². The van der Waals surface area contributed by atoms with Crippen LogP contribution < -0.4 is 11.1 Å². The molecule has 1 aliphatic heterocycles. The summed E-state index contributed by atoms with van der Waals surface area (Å²) < 4.78 is 41.0. The van der Waals surface area contributed by atoms with Gasteiger partial charge in [0.15, 0.2) is 0 Å². The van der Waals surface area contributed by atoms with Crippen LogP contribution in [0.1, 0.15) is 60.3 Å². The Balaban J connectivity index is 0.00000111. The highest BCUT2D eigenvalue weighted by Crippen LogP contribution is 2.54. The number of imidazole rings is 1. The molecule has 4 heterocycles. The Morgan fingerprint density at radius 1 is 1.07 bits per heavy atom. The van der Waals surface area contributed by atoms with Crippen molar-refractivity contribution < 1.29 is 22.8 Å². The van der Waals surface area contributed by atoms with E-state index in [-0.39, 0.29) is 28.6 Å². The lowest BCUT2D eigenvalue weighted by atomic mass is 10.0. The van der Waals surface area contributed by atoms with Crippen molar-refractivity contribution in [2.75, 3.05) is 24.1 Å². The van der Waals surface area contributed by atoms with E-state index in [1.54, 1.807) is 36.7 Å². The van der Waals surface area contributed by atoms with Gasteiger partial charge in [-0.05, 0) is 49.9 Å². The van der Waals surface area contributed by atoms with Gasteiger partial charge >= 0.3 is 6.18 Å². The molecule has 1 atom stereocenters. The Bertz CT molecular complexity index is 1730. The van der Waals surface area contributed by atoms with Crippen LogP contribution in [0.15, 0.2) is 55.0 Å². The van der Waals surface area contributed by atoms with Crippen LogP contribution in [0.5, 0.6) is 0 Å². The monoisotopic (exact) mass is 615 g/mol. The Morgan fingerprint density at radius 2 is 1.76 bits per heavy atom. The number of nitrogens with two attached hydrogens (primary N) is 1. The van der Waals surface area contributed by atoms with Gasteiger partial charge in [-0.15, -0.1) is 25.7 Å². The van der Waals surface area contributed by atoms with E-state index in [2.05, 4.69) is 47.9 Å². The van der Waals surface area contributed by atoms with Crippen LogP contribution >= 0.6 is 0 Å². The number of rotatable bonds is 7. The molecule has 0 radical (unpaired) electrons. The molecule has 12 heteroatoms. The number of hydrogen-bond donors (Lipinski definition) is 2. The van der Waals surface area contributed by atoms with Crippen LogP contribution in [0, 0.1) is 31.1 Å². The second-order valence-electron chi connectivity index (χ2n) is 10.7. The molecule has 45 heavy (non-hydrogen) atoms. The maximum Gasteiger partial charge on any atom is 0.416 e. The molecule has 0 bridgehead atoms. The highest BCUT2D eigenvalue weighted by molar-refractivity contribution is 6.04. The summed E-state index contributed by atoms with van der Waals surface area (Å²) in [5.41, 5.74) is 7.39. The number of carbonyl (C=O) groups is 2. The number of alkyl halides is 3. The smallest absolute Gasteiger partial charge is 0.382 e. The van der Waals surface area contributed by atoms with Crippen LogP contribution in [-0.4, -0.2) is 49.2 Å². The standard InChI is InChI=1S/C29H28F3N7O2.2C2H2/c1-2-17(16-38-13-10-28(8-9-28)27(38)41)25-37-22(23-24(33)35-12-14-39(23)25)18-3-5-19(6-4-18)26(40)36-21-15-20(7-11-34-21)29(30,31)32;2*1-2/h3-7,11-12,14-15,17H,2,8-10,13,16H2,1H3,(H2,33,35)(H,34,36,40);2*1-2H/t17-;;/m1../s1. The largest absolute Gasteiger partial charge is 0.416 e. The molecule has 232 valence electrons. The van der Waals surface area contributed by atoms with Crippen LogP contribution in [0.25, 0.3) is 16.8 Å². The summed E-state index contributed by atoms with van der Waals surface area (Å²) >= 11 is 0. The summed E-state index contributed by atoms with van der Waals surface area (Å²) in [6.45, 7) is 3.39. The summed E-state index contributed by atoms with van der Waals surface area (Å²) in [6.07, 6.45) is 19.5. The molecule has 1 aliphatic carbocycles. The van der Waals surface area contributed by atoms with Crippen LogP contribution in [-0.2, 0) is 11.0 Å². The van der Waals surface area contributed by atoms with E-state index >= 15 is 0 Å². The number of halogens is 3. The van der Waals surface area contributed by atoms with E-state index in [0.717, 1.165) is 56.4 Å². The van der Waals surface area contributed by atoms with Crippen molar-refractivity contribution in [1.29, 1.82) is 0 Å². The third kappa shape index (κ3) is 6.46. The van der Waals surface area contributed by atoms with Gasteiger partial charge in [0.1, 0.15) is 28.7 Å². The molecule has 3 aromatic heterocycles. The minimum absolute atomic E-state index is 0.0269. The molecule has 1 spiro atoms. The predicted octanol–water partition coefficient (Wildman–Crippen LogP) is 5.65. The Morgan fingerprint density at radius 3 is 2.36 bits per heavy atom. The number of fused-ring (bicyclic) bond motifs is 1. The van der Waals surface area contributed by atoms with Crippen LogP contribution in [0.4, 0.5) is 24.8 Å². The highest BCUT2D eigenvalue weighted by Gasteiger charge is 2.55. The maximum atomic E-state index is 13.0. The Kier molecular flexibility index (Phi) is 9.48. The van der Waals surface area contributed by atoms with Gasteiger partial charge in [-0.1, -0.05) is 19.1 Å². The lowest BCUT2D eigenvalue weighted by Gasteiger charge is -2.22. The van der Waals surface area contributed by atoms with Crippen molar-refractivity contribution >= 4 is 29.0 Å². The van der Waals surface area contributed by atoms with E-state index < -0.39 is 17.6 Å². The first kappa shape index (κ1) is 32.6. The number of benzene rings is 1. The number of nitrogen functional groups attached to an aromatic ring is 1. The first-order chi connectivity index (χ1) is 21.6. The fourth-order valence-corrected chi connectivity index (χ4v) is 5.56. The van der Waals surface area contributed by atoms with Crippen LogP contribution in [0.2, 0.25) is 0 Å². The van der Waals surface area contributed by atoms with E-state index in [1.807, 2.05) is 9.30 Å². The van der Waals surface area contributed by atoms with E-state index in [1.165, 1.54) is 0 Å². The SMILES string of the molecule is C#C.C#C.CC[C@H](CN1CCC2(CC2)C1=O)c1nc(-c2ccc(C(=O)Nc3cc(C(F)(F)F)ccn3)cc2)c2c(N)nccn12. The van der Waals surface area contributed by atoms with Gasteiger partial charge < -0.3 is 16.0 Å². The summed E-state index contributed by atoms with van der Waals surface area (Å²) in [5.74, 6) is 0.478. The van der Waals surface area contributed by atoms with Gasteiger partial charge in [0.25, 0.3) is 5.91 Å². The average molecular weight is 616 g/mol. The number of terminal acetylenes is 2. The molecule has 0 unspecified atom stereocenters. The third-order valence-electron chi connectivity index (χ3n) is 8.11. The molecule has 2 amide bonds. The van der Waals surface area contributed by atoms with E-state index in [9.17, 15) is 22.8 Å². The zero-order chi connectivity index (χ0) is 32.9. The lowest BCUT2D eigenvalue weighted by molar-refractivity contribution is -0.137. The zero-order valence-electron chi connectivity index (χ0n) is 24.6. The molecule has 1 aromatic carbocycles. The summed E-state index contributed by atoms with van der Waals surface area (Å²) in [5, 5.41) is 2.41. The van der Waals surface area contributed by atoms with Crippen molar-refractivity contribution in [2.24, 2.45) is 5.41 Å². The van der Waals surface area contributed by atoms with Gasteiger partial charge in [-0.3, -0.25) is 14.0 Å². The first-order valence-electron chi connectivity index (χ1n) is 14.1. The number of hydrogen-bond acceptors (Lipinski definition) is 6. The lowest BCUT2D eigenvalue weighted by Crippen LogP contribution is -2.32. The fraction of sp³-hybridized carbons (Fsp3) is 0.303. The highest BCUT2D eigenvalue weighted by atomic mass is 19.4. The van der Waals surface area contributed by atoms with Crippen molar-refractivity contribution in [3.05, 3.63) is 71.9 Å².